The molecule has 0 aliphatic heterocycles. The summed E-state index contributed by atoms with van der Waals surface area (Å²) in [5, 5.41) is 0. The van der Waals surface area contributed by atoms with E-state index in [0.29, 0.717) is 5.92 Å². The van der Waals surface area contributed by atoms with Crippen LogP contribution in [-0.4, -0.2) is 9.97 Å². The van der Waals surface area contributed by atoms with E-state index in [-0.39, 0.29) is 0 Å². The average molecular weight is 285 g/mol. The minimum atomic E-state index is 0.638. The number of nitrogens with zero attached hydrogens (tertiary/aromatic N) is 1. The van der Waals surface area contributed by atoms with Gasteiger partial charge in [0, 0.05) is 12.1 Å². The molecule has 3 atom stereocenters. The number of fused-ring (bicyclic) bond motifs is 2. The summed E-state index contributed by atoms with van der Waals surface area (Å²) in [6, 6.07) is 0. The van der Waals surface area contributed by atoms with Crippen molar-refractivity contribution in [3.8, 4) is 0 Å². The normalized spacial score (nSPS) is 33.5. The Morgan fingerprint density at radius 3 is 2.87 bits per heavy atom. The van der Waals surface area contributed by atoms with E-state index >= 15 is 0 Å². The summed E-state index contributed by atoms with van der Waals surface area (Å²) < 4.78 is 1.67. The quantitative estimate of drug-likeness (QED) is 0.795. The minimum absolute atomic E-state index is 0.638. The van der Waals surface area contributed by atoms with Gasteiger partial charge in [0.2, 0.25) is 0 Å². The number of halogens is 1. The molecule has 3 rings (SSSR count). The van der Waals surface area contributed by atoms with Gasteiger partial charge in [0.1, 0.15) is 10.5 Å². The zero-order valence-corrected chi connectivity index (χ0v) is 10.8. The van der Waals surface area contributed by atoms with Crippen molar-refractivity contribution in [3.05, 3.63) is 21.1 Å². The van der Waals surface area contributed by atoms with Gasteiger partial charge in [-0.05, 0) is 47.0 Å². The van der Waals surface area contributed by atoms with Crippen LogP contribution in [-0.2, 0) is 0 Å². The van der Waals surface area contributed by atoms with Crippen LogP contribution in [0.15, 0.2) is 10.7 Å². The fourth-order valence-corrected chi connectivity index (χ4v) is 3.52. The molecule has 1 aromatic heterocycles. The highest BCUT2D eigenvalue weighted by molar-refractivity contribution is 9.10. The monoisotopic (exact) mass is 284 g/mol. The van der Waals surface area contributed by atoms with Gasteiger partial charge in [0.25, 0.3) is 0 Å². The van der Waals surface area contributed by atoms with Crippen LogP contribution in [0.3, 0.4) is 0 Å². The number of H-pyrrole nitrogens is 1. The lowest BCUT2D eigenvalue weighted by Crippen LogP contribution is -2.12. The van der Waals surface area contributed by atoms with Crippen molar-refractivity contribution in [3.63, 3.8) is 0 Å². The maximum atomic E-state index is 5.22. The van der Waals surface area contributed by atoms with Crippen LogP contribution < -0.4 is 0 Å². The summed E-state index contributed by atoms with van der Waals surface area (Å²) in [6.07, 6.45) is 7.36. The molecule has 2 aliphatic rings. The van der Waals surface area contributed by atoms with E-state index in [2.05, 4.69) is 25.9 Å². The first kappa shape index (κ1) is 9.97. The van der Waals surface area contributed by atoms with Crippen molar-refractivity contribution in [2.24, 2.45) is 11.8 Å². The largest absolute Gasteiger partial charge is 0.334 e. The second-order valence-corrected chi connectivity index (χ2v) is 5.99. The van der Waals surface area contributed by atoms with Crippen molar-refractivity contribution < 1.29 is 0 Å². The molecule has 2 bridgehead atoms. The van der Waals surface area contributed by atoms with E-state index < -0.39 is 0 Å². The highest BCUT2D eigenvalue weighted by Gasteiger charge is 2.41. The van der Waals surface area contributed by atoms with Gasteiger partial charge in [-0.2, -0.15) is 0 Å². The molecule has 2 fully saturated rings. The Kier molecular flexibility index (Phi) is 2.44. The molecule has 2 aliphatic carbocycles. The number of aromatic nitrogens is 2. The predicted octanol–water partition coefficient (Wildman–Crippen LogP) is 3.81. The first-order chi connectivity index (χ1) is 7.24. The molecule has 15 heavy (non-hydrogen) atoms. The molecular weight excluding hydrogens is 272 g/mol. The van der Waals surface area contributed by atoms with Gasteiger partial charge in [-0.25, -0.2) is 4.98 Å². The summed E-state index contributed by atoms with van der Waals surface area (Å²) in [5.74, 6) is 3.55. The Morgan fingerprint density at radius 2 is 2.27 bits per heavy atom. The molecule has 0 saturated heterocycles. The molecule has 0 aromatic carbocycles. The molecule has 2 nitrogen and oxygen atoms in total. The van der Waals surface area contributed by atoms with Crippen LogP contribution in [0.1, 0.15) is 37.4 Å². The lowest BCUT2D eigenvalue weighted by molar-refractivity contribution is 0.405. The molecule has 1 N–H and O–H groups in total. The van der Waals surface area contributed by atoms with Crippen LogP contribution in [0.5, 0.6) is 0 Å². The summed E-state index contributed by atoms with van der Waals surface area (Å²) >= 11 is 8.60. The second-order valence-electron chi connectivity index (χ2n) is 4.73. The zero-order chi connectivity index (χ0) is 10.4. The zero-order valence-electron chi connectivity index (χ0n) is 8.37. The first-order valence-corrected chi connectivity index (χ1v) is 6.69. The van der Waals surface area contributed by atoms with E-state index in [9.17, 15) is 0 Å². The Hall–Kier alpha value is -0.220. The second kappa shape index (κ2) is 3.67. The molecular formula is C11H13BrN2S. The predicted molar refractivity (Wildman–Crippen MR) is 65.3 cm³/mol. The maximum absolute atomic E-state index is 5.22. The third-order valence-corrected chi connectivity index (χ3v) is 5.05. The summed E-state index contributed by atoms with van der Waals surface area (Å²) in [7, 11) is 0. The van der Waals surface area contributed by atoms with Gasteiger partial charge < -0.3 is 4.98 Å². The SMILES string of the molecule is S=c1[nH]c(C2CC3CCC2C3)ncc1Br. The third-order valence-electron chi connectivity index (χ3n) is 3.86. The van der Waals surface area contributed by atoms with E-state index in [0.717, 1.165) is 26.8 Å². The summed E-state index contributed by atoms with van der Waals surface area (Å²) in [6.45, 7) is 0. The van der Waals surface area contributed by atoms with Crippen molar-refractivity contribution in [2.45, 2.75) is 31.6 Å². The lowest BCUT2D eigenvalue weighted by Gasteiger charge is -2.20. The number of hydrogen-bond donors (Lipinski definition) is 1. The molecule has 80 valence electrons. The summed E-state index contributed by atoms with van der Waals surface area (Å²) in [5.41, 5.74) is 0. The topological polar surface area (TPSA) is 28.7 Å². The average Bonchev–Trinajstić information content (AvgIpc) is 2.83. The molecule has 4 heteroatoms. The van der Waals surface area contributed by atoms with E-state index in [4.69, 9.17) is 12.2 Å². The van der Waals surface area contributed by atoms with E-state index in [1.807, 2.05) is 6.20 Å². The van der Waals surface area contributed by atoms with Crippen LogP contribution in [0.4, 0.5) is 0 Å². The van der Waals surface area contributed by atoms with Gasteiger partial charge >= 0.3 is 0 Å². The molecule has 0 amide bonds. The number of rotatable bonds is 1. The molecule has 0 radical (unpaired) electrons. The first-order valence-electron chi connectivity index (χ1n) is 5.49. The van der Waals surface area contributed by atoms with Crippen molar-refractivity contribution in [1.82, 2.24) is 9.97 Å². The van der Waals surface area contributed by atoms with Gasteiger partial charge in [-0.1, -0.05) is 18.6 Å². The van der Waals surface area contributed by atoms with Gasteiger partial charge in [-0.3, -0.25) is 0 Å². The molecule has 1 aromatic rings. The van der Waals surface area contributed by atoms with Gasteiger partial charge in [-0.15, -0.1) is 0 Å². The maximum Gasteiger partial charge on any atom is 0.120 e. The Balaban J connectivity index is 1.93. The Morgan fingerprint density at radius 1 is 1.40 bits per heavy atom. The molecule has 0 spiro atoms. The number of aromatic amines is 1. The van der Waals surface area contributed by atoms with Crippen LogP contribution in [0.25, 0.3) is 0 Å². The standard InChI is InChI=1S/C11H13BrN2S/c12-9-5-13-10(14-11(9)15)8-4-6-1-2-7(8)3-6/h5-8H,1-4H2,(H,13,14,15). The Bertz CT molecular complexity index is 442. The summed E-state index contributed by atoms with van der Waals surface area (Å²) in [4.78, 5) is 7.73. The van der Waals surface area contributed by atoms with Crippen molar-refractivity contribution >= 4 is 28.1 Å². The third kappa shape index (κ3) is 1.68. The van der Waals surface area contributed by atoms with Crippen molar-refractivity contribution in [2.75, 3.05) is 0 Å². The van der Waals surface area contributed by atoms with Crippen LogP contribution in [0.2, 0.25) is 0 Å². The lowest BCUT2D eigenvalue weighted by atomic mass is 9.88. The van der Waals surface area contributed by atoms with Crippen molar-refractivity contribution in [1.29, 1.82) is 0 Å². The highest BCUT2D eigenvalue weighted by atomic mass is 79.9. The van der Waals surface area contributed by atoms with E-state index in [1.54, 1.807) is 0 Å². The smallest absolute Gasteiger partial charge is 0.120 e. The molecule has 3 unspecified atom stereocenters. The fraction of sp³-hybridized carbons (Fsp3) is 0.636. The Labute approximate surface area is 103 Å². The van der Waals surface area contributed by atoms with Crippen LogP contribution >= 0.6 is 28.1 Å². The number of hydrogen-bond acceptors (Lipinski definition) is 2. The molecule has 1 heterocycles. The highest BCUT2D eigenvalue weighted by Crippen LogP contribution is 2.51. The van der Waals surface area contributed by atoms with Crippen LogP contribution in [0, 0.1) is 16.5 Å². The minimum Gasteiger partial charge on any atom is -0.334 e. The molecule has 2 saturated carbocycles. The van der Waals surface area contributed by atoms with Gasteiger partial charge in [0.15, 0.2) is 0 Å². The fourth-order valence-electron chi connectivity index (χ4n) is 3.16. The van der Waals surface area contributed by atoms with E-state index in [1.165, 1.54) is 25.7 Å². The number of nitrogens with one attached hydrogen (secondary N) is 1. The van der Waals surface area contributed by atoms with Gasteiger partial charge in [0.05, 0.1) is 4.47 Å².